The van der Waals surface area contributed by atoms with Gasteiger partial charge in [0.05, 0.1) is 24.5 Å². The largest absolute Gasteiger partial charge is 0.481 e. The highest BCUT2D eigenvalue weighted by Crippen LogP contribution is 2.48. The van der Waals surface area contributed by atoms with Crippen molar-refractivity contribution in [2.24, 2.45) is 23.7 Å². The van der Waals surface area contributed by atoms with Gasteiger partial charge in [-0.05, 0) is 23.8 Å². The Morgan fingerprint density at radius 3 is 2.48 bits per heavy atom. The number of allylic oxidation sites excluding steroid dienone is 2. The summed E-state index contributed by atoms with van der Waals surface area (Å²) < 4.78 is 5.21. The summed E-state index contributed by atoms with van der Waals surface area (Å²) in [6, 6.07) is 9.32. The van der Waals surface area contributed by atoms with E-state index in [9.17, 15) is 14.7 Å². The topological polar surface area (TPSA) is 75.6 Å². The number of benzene rings is 1. The molecule has 5 atom stereocenters. The maximum absolute atomic E-state index is 12.7. The van der Waals surface area contributed by atoms with Crippen molar-refractivity contribution < 1.29 is 19.4 Å². The molecular formula is C18H21NO4. The first-order valence-corrected chi connectivity index (χ1v) is 7.87. The monoisotopic (exact) mass is 315 g/mol. The van der Waals surface area contributed by atoms with E-state index in [-0.39, 0.29) is 23.8 Å². The van der Waals surface area contributed by atoms with Crippen molar-refractivity contribution in [3.05, 3.63) is 48.0 Å². The molecule has 122 valence electrons. The van der Waals surface area contributed by atoms with Crippen LogP contribution >= 0.6 is 0 Å². The molecule has 0 aromatic heterocycles. The number of carboxylic acid groups (broad SMARTS) is 1. The van der Waals surface area contributed by atoms with Gasteiger partial charge in [-0.1, -0.05) is 42.5 Å². The number of carbonyl (C=O) groups excluding carboxylic acids is 1. The third-order valence-corrected chi connectivity index (χ3v) is 4.90. The number of carbonyl (C=O) groups is 2. The predicted octanol–water partition coefficient (Wildman–Crippen LogP) is 2.01. The van der Waals surface area contributed by atoms with Crippen molar-refractivity contribution in [1.82, 2.24) is 5.32 Å². The maximum atomic E-state index is 12.7. The standard InChI is InChI=1S/C18H21NO4/c1-23-10-14(11-5-3-2-4-6-11)19-17(20)15-12-7-8-13(9-12)16(15)18(21)22/h2-8,12-16H,9-10H2,1H3,(H,19,20)(H,21,22). The van der Waals surface area contributed by atoms with Crippen LogP contribution in [0.25, 0.3) is 0 Å². The lowest BCUT2D eigenvalue weighted by atomic mass is 9.82. The number of ether oxygens (including phenoxy) is 1. The Kier molecular flexibility index (Phi) is 4.48. The molecule has 0 radical (unpaired) electrons. The molecule has 1 fully saturated rings. The average Bonchev–Trinajstić information content (AvgIpc) is 3.16. The molecule has 2 aliphatic carbocycles. The average molecular weight is 315 g/mol. The molecular weight excluding hydrogens is 294 g/mol. The van der Waals surface area contributed by atoms with E-state index in [4.69, 9.17) is 4.74 Å². The van der Waals surface area contributed by atoms with E-state index in [1.807, 2.05) is 42.5 Å². The van der Waals surface area contributed by atoms with E-state index in [0.29, 0.717) is 6.61 Å². The van der Waals surface area contributed by atoms with Crippen LogP contribution in [0, 0.1) is 23.7 Å². The Balaban J connectivity index is 1.77. The third-order valence-electron chi connectivity index (χ3n) is 4.90. The van der Waals surface area contributed by atoms with E-state index in [0.717, 1.165) is 12.0 Å². The molecule has 1 amide bonds. The fraction of sp³-hybridized carbons (Fsp3) is 0.444. The van der Waals surface area contributed by atoms with Crippen LogP contribution in [-0.2, 0) is 14.3 Å². The lowest BCUT2D eigenvalue weighted by molar-refractivity contribution is -0.148. The number of aliphatic carboxylic acids is 1. The molecule has 23 heavy (non-hydrogen) atoms. The number of methoxy groups -OCH3 is 1. The highest BCUT2D eigenvalue weighted by molar-refractivity contribution is 5.87. The molecule has 1 aromatic rings. The van der Waals surface area contributed by atoms with Crippen molar-refractivity contribution in [2.45, 2.75) is 12.5 Å². The van der Waals surface area contributed by atoms with Crippen molar-refractivity contribution in [3.63, 3.8) is 0 Å². The summed E-state index contributed by atoms with van der Waals surface area (Å²) in [7, 11) is 1.59. The SMILES string of the molecule is COCC(NC(=O)C1C2C=CC(C2)C1C(=O)O)c1ccccc1. The number of hydrogen-bond donors (Lipinski definition) is 2. The molecule has 3 rings (SSSR count). The van der Waals surface area contributed by atoms with E-state index in [1.165, 1.54) is 0 Å². The highest BCUT2D eigenvalue weighted by atomic mass is 16.5. The van der Waals surface area contributed by atoms with Gasteiger partial charge in [0.2, 0.25) is 5.91 Å². The molecule has 1 saturated carbocycles. The van der Waals surface area contributed by atoms with Crippen LogP contribution in [-0.4, -0.2) is 30.7 Å². The van der Waals surface area contributed by atoms with E-state index < -0.39 is 17.8 Å². The molecule has 5 unspecified atom stereocenters. The molecule has 0 heterocycles. The second-order valence-corrected chi connectivity index (χ2v) is 6.27. The molecule has 2 aliphatic rings. The lowest BCUT2D eigenvalue weighted by Gasteiger charge is -2.27. The van der Waals surface area contributed by atoms with Gasteiger partial charge in [-0.25, -0.2) is 0 Å². The van der Waals surface area contributed by atoms with Gasteiger partial charge in [0.1, 0.15) is 0 Å². The minimum Gasteiger partial charge on any atom is -0.481 e. The van der Waals surface area contributed by atoms with Crippen LogP contribution in [0.4, 0.5) is 0 Å². The number of nitrogens with one attached hydrogen (secondary N) is 1. The first-order chi connectivity index (χ1) is 11.1. The normalized spacial score (nSPS) is 29.4. The zero-order chi connectivity index (χ0) is 16.4. The van der Waals surface area contributed by atoms with Crippen LogP contribution in [0.2, 0.25) is 0 Å². The minimum atomic E-state index is -0.884. The zero-order valence-electron chi connectivity index (χ0n) is 13.0. The van der Waals surface area contributed by atoms with E-state index in [2.05, 4.69) is 5.32 Å². The summed E-state index contributed by atoms with van der Waals surface area (Å²) >= 11 is 0. The van der Waals surface area contributed by atoms with Crippen molar-refractivity contribution in [1.29, 1.82) is 0 Å². The Hall–Kier alpha value is -2.14. The van der Waals surface area contributed by atoms with Gasteiger partial charge < -0.3 is 15.2 Å². The van der Waals surface area contributed by atoms with Crippen LogP contribution in [0.15, 0.2) is 42.5 Å². The van der Waals surface area contributed by atoms with Crippen LogP contribution in [0.3, 0.4) is 0 Å². The summed E-state index contributed by atoms with van der Waals surface area (Å²) in [4.78, 5) is 24.3. The van der Waals surface area contributed by atoms with Gasteiger partial charge in [-0.2, -0.15) is 0 Å². The van der Waals surface area contributed by atoms with Crippen LogP contribution < -0.4 is 5.32 Å². The summed E-state index contributed by atoms with van der Waals surface area (Å²) in [6.45, 7) is 0.351. The molecule has 2 bridgehead atoms. The summed E-state index contributed by atoms with van der Waals surface area (Å²) in [5, 5.41) is 12.5. The zero-order valence-corrected chi connectivity index (χ0v) is 13.0. The lowest BCUT2D eigenvalue weighted by Crippen LogP contribution is -2.42. The van der Waals surface area contributed by atoms with Crippen LogP contribution in [0.5, 0.6) is 0 Å². The molecule has 0 spiro atoms. The van der Waals surface area contributed by atoms with E-state index in [1.54, 1.807) is 7.11 Å². The summed E-state index contributed by atoms with van der Waals surface area (Å²) in [5.74, 6) is -2.19. The first kappa shape index (κ1) is 15.7. The van der Waals surface area contributed by atoms with E-state index >= 15 is 0 Å². The van der Waals surface area contributed by atoms with Gasteiger partial charge in [0, 0.05) is 7.11 Å². The quantitative estimate of drug-likeness (QED) is 0.788. The molecule has 0 aliphatic heterocycles. The fourth-order valence-electron chi connectivity index (χ4n) is 3.86. The smallest absolute Gasteiger partial charge is 0.307 e. The van der Waals surface area contributed by atoms with Crippen molar-refractivity contribution >= 4 is 11.9 Å². The van der Waals surface area contributed by atoms with Gasteiger partial charge in [0.15, 0.2) is 0 Å². The van der Waals surface area contributed by atoms with Crippen molar-refractivity contribution in [3.8, 4) is 0 Å². The molecule has 2 N–H and O–H groups in total. The summed E-state index contributed by atoms with van der Waals surface area (Å²) in [5.41, 5.74) is 0.952. The van der Waals surface area contributed by atoms with Gasteiger partial charge in [-0.3, -0.25) is 9.59 Å². The Morgan fingerprint density at radius 2 is 1.87 bits per heavy atom. The second kappa shape index (κ2) is 6.54. The second-order valence-electron chi connectivity index (χ2n) is 6.27. The Labute approximate surface area is 135 Å². The number of hydrogen-bond acceptors (Lipinski definition) is 3. The maximum Gasteiger partial charge on any atom is 0.307 e. The van der Waals surface area contributed by atoms with Gasteiger partial charge in [0.25, 0.3) is 0 Å². The van der Waals surface area contributed by atoms with Gasteiger partial charge >= 0.3 is 5.97 Å². The molecule has 5 heteroatoms. The third kappa shape index (κ3) is 3.01. The predicted molar refractivity (Wildman–Crippen MR) is 84.6 cm³/mol. The number of carboxylic acids is 1. The molecule has 5 nitrogen and oxygen atoms in total. The number of rotatable bonds is 6. The van der Waals surface area contributed by atoms with Crippen molar-refractivity contribution in [2.75, 3.05) is 13.7 Å². The number of fused-ring (bicyclic) bond motifs is 2. The van der Waals surface area contributed by atoms with Gasteiger partial charge in [-0.15, -0.1) is 0 Å². The highest BCUT2D eigenvalue weighted by Gasteiger charge is 2.51. The fourth-order valence-corrected chi connectivity index (χ4v) is 3.86. The minimum absolute atomic E-state index is 0.0224. The molecule has 0 saturated heterocycles. The molecule has 1 aromatic carbocycles. The Morgan fingerprint density at radius 1 is 1.22 bits per heavy atom. The number of amides is 1. The Bertz CT molecular complexity index is 613. The summed E-state index contributed by atoms with van der Waals surface area (Å²) in [6.07, 6.45) is 4.69. The van der Waals surface area contributed by atoms with Crippen LogP contribution in [0.1, 0.15) is 18.0 Å². The first-order valence-electron chi connectivity index (χ1n) is 7.87.